The van der Waals surface area contributed by atoms with Gasteiger partial charge in [0.15, 0.2) is 0 Å². The minimum absolute atomic E-state index is 0.0136. The molecule has 1 aliphatic rings. The Morgan fingerprint density at radius 1 is 1.50 bits per heavy atom. The smallest absolute Gasteiger partial charge is 0.245 e. The average molecular weight is 247 g/mol. The van der Waals surface area contributed by atoms with Crippen molar-refractivity contribution >= 4 is 11.8 Å². The quantitative estimate of drug-likeness (QED) is 0.852. The lowest BCUT2D eigenvalue weighted by molar-refractivity contribution is -0.144. The maximum absolute atomic E-state index is 12.1. The lowest BCUT2D eigenvalue weighted by atomic mass is 10.1. The number of carbonyl (C=O) groups excluding carboxylic acids is 2. The summed E-state index contributed by atoms with van der Waals surface area (Å²) >= 11 is 0. The summed E-state index contributed by atoms with van der Waals surface area (Å²) in [6, 6.07) is 1.52. The first-order valence-corrected chi connectivity index (χ1v) is 6.09. The summed E-state index contributed by atoms with van der Waals surface area (Å²) in [4.78, 5) is 29.3. The minimum Gasteiger partial charge on any atom is -0.343 e. The Balaban J connectivity index is 2.15. The zero-order valence-corrected chi connectivity index (χ0v) is 10.6. The highest BCUT2D eigenvalue weighted by Gasteiger charge is 2.31. The third kappa shape index (κ3) is 2.50. The first kappa shape index (κ1) is 12.5. The number of pyridine rings is 1. The molecule has 5 nitrogen and oxygen atoms in total. The minimum atomic E-state index is -0.386. The third-order valence-electron chi connectivity index (χ3n) is 3.20. The lowest BCUT2D eigenvalue weighted by Crippen LogP contribution is -2.57. The molecule has 5 heteroatoms. The van der Waals surface area contributed by atoms with Gasteiger partial charge in [0.1, 0.15) is 6.04 Å². The lowest BCUT2D eigenvalue weighted by Gasteiger charge is -2.32. The fourth-order valence-corrected chi connectivity index (χ4v) is 2.05. The molecule has 0 aromatic carbocycles. The third-order valence-corrected chi connectivity index (χ3v) is 3.20. The number of rotatable bonds is 3. The average Bonchev–Trinajstić information content (AvgIpc) is 2.36. The summed E-state index contributed by atoms with van der Waals surface area (Å²) < 4.78 is 0. The van der Waals surface area contributed by atoms with E-state index in [0.29, 0.717) is 13.0 Å². The van der Waals surface area contributed by atoms with Crippen molar-refractivity contribution in [3.8, 4) is 0 Å². The van der Waals surface area contributed by atoms with E-state index < -0.39 is 0 Å². The number of carbonyl (C=O) groups is 2. The Labute approximate surface area is 106 Å². The van der Waals surface area contributed by atoms with Crippen LogP contribution in [0, 0.1) is 6.92 Å². The SMILES string of the molecule is CCC1NC(=O)CN(Cc2cnccc2C)C1=O. The maximum Gasteiger partial charge on any atom is 0.245 e. The zero-order valence-electron chi connectivity index (χ0n) is 10.6. The second-order valence-electron chi connectivity index (χ2n) is 4.52. The second-order valence-corrected chi connectivity index (χ2v) is 4.52. The van der Waals surface area contributed by atoms with Crippen molar-refractivity contribution in [2.24, 2.45) is 0 Å². The van der Waals surface area contributed by atoms with Crippen LogP contribution < -0.4 is 5.32 Å². The molecule has 1 fully saturated rings. The number of aromatic nitrogens is 1. The summed E-state index contributed by atoms with van der Waals surface area (Å²) in [7, 11) is 0. The Morgan fingerprint density at radius 3 is 2.94 bits per heavy atom. The van der Waals surface area contributed by atoms with Crippen molar-refractivity contribution in [3.05, 3.63) is 29.6 Å². The Kier molecular flexibility index (Phi) is 3.60. The monoisotopic (exact) mass is 247 g/mol. The molecule has 1 aromatic heterocycles. The van der Waals surface area contributed by atoms with Crippen LogP contribution in [0.5, 0.6) is 0 Å². The van der Waals surface area contributed by atoms with Crippen LogP contribution in [-0.2, 0) is 16.1 Å². The van der Waals surface area contributed by atoms with Gasteiger partial charge in [0.25, 0.3) is 0 Å². The number of piperazine rings is 1. The van der Waals surface area contributed by atoms with Gasteiger partial charge in [-0.05, 0) is 30.5 Å². The van der Waals surface area contributed by atoms with Gasteiger partial charge in [0, 0.05) is 18.9 Å². The molecule has 0 aliphatic carbocycles. The standard InChI is InChI=1S/C13H17N3O2/c1-3-11-13(18)16(8-12(17)15-11)7-10-6-14-5-4-9(10)2/h4-6,11H,3,7-8H2,1-2H3,(H,15,17). The summed E-state index contributed by atoms with van der Waals surface area (Å²) in [5.41, 5.74) is 2.06. The molecule has 1 unspecified atom stereocenters. The fourth-order valence-electron chi connectivity index (χ4n) is 2.05. The number of nitrogens with one attached hydrogen (secondary N) is 1. The summed E-state index contributed by atoms with van der Waals surface area (Å²) in [6.45, 7) is 4.44. The molecular formula is C13H17N3O2. The van der Waals surface area contributed by atoms with Gasteiger partial charge in [-0.15, -0.1) is 0 Å². The van der Waals surface area contributed by atoms with Gasteiger partial charge >= 0.3 is 0 Å². The number of aryl methyl sites for hydroxylation is 1. The molecule has 2 rings (SSSR count). The predicted octanol–water partition coefficient (Wildman–Crippen LogP) is 0.627. The topological polar surface area (TPSA) is 62.3 Å². The molecule has 96 valence electrons. The first-order valence-electron chi connectivity index (χ1n) is 6.09. The van der Waals surface area contributed by atoms with E-state index in [2.05, 4.69) is 10.3 Å². The van der Waals surface area contributed by atoms with Crippen LogP contribution in [0.2, 0.25) is 0 Å². The van der Waals surface area contributed by atoms with Crippen LogP contribution in [0.25, 0.3) is 0 Å². The van der Waals surface area contributed by atoms with Gasteiger partial charge in [-0.3, -0.25) is 14.6 Å². The van der Waals surface area contributed by atoms with Crippen LogP contribution in [0.4, 0.5) is 0 Å². The van der Waals surface area contributed by atoms with Gasteiger partial charge in [0.05, 0.1) is 6.54 Å². The van der Waals surface area contributed by atoms with Gasteiger partial charge in [-0.2, -0.15) is 0 Å². The van der Waals surface area contributed by atoms with Crippen LogP contribution in [0.3, 0.4) is 0 Å². The van der Waals surface area contributed by atoms with Crippen molar-refractivity contribution in [1.29, 1.82) is 0 Å². The molecule has 2 amide bonds. The summed E-state index contributed by atoms with van der Waals surface area (Å²) in [5.74, 6) is -0.108. The molecule has 0 spiro atoms. The number of amides is 2. The van der Waals surface area contributed by atoms with E-state index in [1.807, 2.05) is 19.9 Å². The van der Waals surface area contributed by atoms with Crippen molar-refractivity contribution < 1.29 is 9.59 Å². The van der Waals surface area contributed by atoms with Crippen LogP contribution >= 0.6 is 0 Å². The number of nitrogens with zero attached hydrogens (tertiary/aromatic N) is 2. The number of hydrogen-bond acceptors (Lipinski definition) is 3. The largest absolute Gasteiger partial charge is 0.343 e. The van der Waals surface area contributed by atoms with Crippen LogP contribution in [0.1, 0.15) is 24.5 Å². The van der Waals surface area contributed by atoms with Gasteiger partial charge in [-0.1, -0.05) is 6.92 Å². The van der Waals surface area contributed by atoms with Crippen molar-refractivity contribution in [2.45, 2.75) is 32.9 Å². The molecule has 1 N–H and O–H groups in total. The van der Waals surface area contributed by atoms with Crippen LogP contribution in [0.15, 0.2) is 18.5 Å². The molecule has 18 heavy (non-hydrogen) atoms. The molecule has 0 radical (unpaired) electrons. The molecule has 0 bridgehead atoms. The Hall–Kier alpha value is -1.91. The summed E-state index contributed by atoms with van der Waals surface area (Å²) in [5, 5.41) is 2.70. The van der Waals surface area contributed by atoms with E-state index in [9.17, 15) is 9.59 Å². The van der Waals surface area contributed by atoms with Crippen molar-refractivity contribution in [3.63, 3.8) is 0 Å². The second kappa shape index (κ2) is 5.16. The van der Waals surface area contributed by atoms with E-state index in [-0.39, 0.29) is 24.4 Å². The molecule has 1 aliphatic heterocycles. The van der Waals surface area contributed by atoms with Gasteiger partial charge in [-0.25, -0.2) is 0 Å². The highest BCUT2D eigenvalue weighted by molar-refractivity contribution is 5.94. The number of hydrogen-bond donors (Lipinski definition) is 1. The highest BCUT2D eigenvalue weighted by atomic mass is 16.2. The van der Waals surface area contributed by atoms with E-state index in [0.717, 1.165) is 11.1 Å². The Morgan fingerprint density at radius 2 is 2.28 bits per heavy atom. The molecule has 2 heterocycles. The normalized spacial score (nSPS) is 19.9. The molecular weight excluding hydrogens is 230 g/mol. The molecule has 1 atom stereocenters. The summed E-state index contributed by atoms with van der Waals surface area (Å²) in [6.07, 6.45) is 4.08. The van der Waals surface area contributed by atoms with Crippen LogP contribution in [-0.4, -0.2) is 34.3 Å². The fraction of sp³-hybridized carbons (Fsp3) is 0.462. The molecule has 1 saturated heterocycles. The van der Waals surface area contributed by atoms with E-state index in [4.69, 9.17) is 0 Å². The molecule has 1 aromatic rings. The Bertz CT molecular complexity index is 473. The highest BCUT2D eigenvalue weighted by Crippen LogP contribution is 2.13. The van der Waals surface area contributed by atoms with Gasteiger partial charge < -0.3 is 10.2 Å². The van der Waals surface area contributed by atoms with E-state index >= 15 is 0 Å². The van der Waals surface area contributed by atoms with Gasteiger partial charge in [0.2, 0.25) is 11.8 Å². The van der Waals surface area contributed by atoms with Crippen molar-refractivity contribution in [1.82, 2.24) is 15.2 Å². The zero-order chi connectivity index (χ0) is 13.1. The van der Waals surface area contributed by atoms with E-state index in [1.165, 1.54) is 0 Å². The molecule has 0 saturated carbocycles. The van der Waals surface area contributed by atoms with E-state index in [1.54, 1.807) is 17.3 Å². The maximum atomic E-state index is 12.1. The van der Waals surface area contributed by atoms with Crippen molar-refractivity contribution in [2.75, 3.05) is 6.54 Å². The predicted molar refractivity (Wildman–Crippen MR) is 66.6 cm³/mol. The first-order chi connectivity index (χ1) is 8.61.